The van der Waals surface area contributed by atoms with Crippen LogP contribution in [0, 0.1) is 5.82 Å². The number of benzene rings is 1. The Morgan fingerprint density at radius 1 is 1.28 bits per heavy atom. The van der Waals surface area contributed by atoms with E-state index in [0.717, 1.165) is 12.1 Å². The molecule has 0 fully saturated rings. The van der Waals surface area contributed by atoms with Crippen molar-refractivity contribution in [1.29, 1.82) is 0 Å². The molecule has 1 aromatic carbocycles. The summed E-state index contributed by atoms with van der Waals surface area (Å²) >= 11 is 0. The third-order valence-corrected chi connectivity index (χ3v) is 2.20. The van der Waals surface area contributed by atoms with E-state index in [4.69, 9.17) is 9.52 Å². The molecule has 0 aliphatic rings. The van der Waals surface area contributed by atoms with Gasteiger partial charge < -0.3 is 14.8 Å². The molecular formula is C12H8FNO4. The quantitative estimate of drug-likeness (QED) is 0.875. The maximum absolute atomic E-state index is 13.3. The molecule has 0 radical (unpaired) electrons. The van der Waals surface area contributed by atoms with Crippen molar-refractivity contribution < 1.29 is 23.5 Å². The first-order chi connectivity index (χ1) is 8.58. The highest BCUT2D eigenvalue weighted by Gasteiger charge is 2.13. The Morgan fingerprint density at radius 2 is 2.06 bits per heavy atom. The van der Waals surface area contributed by atoms with E-state index < -0.39 is 23.3 Å². The van der Waals surface area contributed by atoms with E-state index in [1.54, 1.807) is 6.07 Å². The smallest absolute Gasteiger partial charge is 0.338 e. The summed E-state index contributed by atoms with van der Waals surface area (Å²) in [6, 6.07) is 6.31. The number of hydrogen-bond acceptors (Lipinski definition) is 3. The van der Waals surface area contributed by atoms with E-state index in [2.05, 4.69) is 5.32 Å². The Hall–Kier alpha value is -2.63. The first-order valence-corrected chi connectivity index (χ1v) is 4.95. The number of carbonyl (C=O) groups is 2. The van der Waals surface area contributed by atoms with Gasteiger partial charge in [-0.1, -0.05) is 0 Å². The molecule has 1 aromatic heterocycles. The maximum atomic E-state index is 13.3. The van der Waals surface area contributed by atoms with E-state index in [9.17, 15) is 14.0 Å². The molecule has 0 spiro atoms. The zero-order valence-corrected chi connectivity index (χ0v) is 9.01. The largest absolute Gasteiger partial charge is 0.478 e. The second-order valence-electron chi connectivity index (χ2n) is 3.43. The molecule has 0 saturated heterocycles. The topological polar surface area (TPSA) is 79.5 Å². The number of amides is 1. The molecule has 18 heavy (non-hydrogen) atoms. The lowest BCUT2D eigenvalue weighted by Gasteiger charge is -2.04. The van der Waals surface area contributed by atoms with Gasteiger partial charge in [0.25, 0.3) is 5.91 Å². The number of carboxylic acids is 1. The van der Waals surface area contributed by atoms with Crippen molar-refractivity contribution >= 4 is 17.6 Å². The zero-order chi connectivity index (χ0) is 13.1. The second kappa shape index (κ2) is 4.70. The molecule has 0 atom stereocenters. The molecular weight excluding hydrogens is 241 g/mol. The number of furan rings is 1. The van der Waals surface area contributed by atoms with Crippen LogP contribution in [0.4, 0.5) is 10.1 Å². The molecule has 1 heterocycles. The molecule has 0 aliphatic carbocycles. The number of hydrogen-bond donors (Lipinski definition) is 2. The Morgan fingerprint density at radius 3 is 2.61 bits per heavy atom. The Bertz CT molecular complexity index is 592. The minimum atomic E-state index is -1.36. The normalized spacial score (nSPS) is 10.1. The lowest BCUT2D eigenvalue weighted by Crippen LogP contribution is -2.11. The van der Waals surface area contributed by atoms with E-state index >= 15 is 0 Å². The average molecular weight is 249 g/mol. The summed E-state index contributed by atoms with van der Waals surface area (Å²) in [4.78, 5) is 22.2. The number of carbonyl (C=O) groups excluding carboxylic acids is 1. The van der Waals surface area contributed by atoms with Gasteiger partial charge in [-0.2, -0.15) is 0 Å². The highest BCUT2D eigenvalue weighted by molar-refractivity contribution is 6.02. The van der Waals surface area contributed by atoms with Gasteiger partial charge in [0.05, 0.1) is 11.8 Å². The van der Waals surface area contributed by atoms with E-state index in [1.807, 2.05) is 0 Å². The van der Waals surface area contributed by atoms with Crippen LogP contribution in [0.2, 0.25) is 0 Å². The minimum absolute atomic E-state index is 0.0812. The van der Waals surface area contributed by atoms with Crippen LogP contribution in [0.15, 0.2) is 41.0 Å². The van der Waals surface area contributed by atoms with Crippen molar-refractivity contribution in [3.8, 4) is 0 Å². The van der Waals surface area contributed by atoms with Gasteiger partial charge in [0.2, 0.25) is 0 Å². The fourth-order valence-corrected chi connectivity index (χ4v) is 1.37. The molecule has 0 unspecified atom stereocenters. The number of carboxylic acid groups (broad SMARTS) is 1. The number of halogens is 1. The van der Waals surface area contributed by atoms with Gasteiger partial charge in [0.15, 0.2) is 5.76 Å². The van der Waals surface area contributed by atoms with E-state index in [1.165, 1.54) is 18.4 Å². The van der Waals surface area contributed by atoms with Gasteiger partial charge in [-0.15, -0.1) is 0 Å². The molecule has 2 aromatic rings. The summed E-state index contributed by atoms with van der Waals surface area (Å²) in [6.07, 6.45) is 1.34. The fraction of sp³-hybridized carbons (Fsp3) is 0. The monoisotopic (exact) mass is 249 g/mol. The van der Waals surface area contributed by atoms with Crippen LogP contribution in [0.25, 0.3) is 0 Å². The van der Waals surface area contributed by atoms with Crippen molar-refractivity contribution in [1.82, 2.24) is 0 Å². The summed E-state index contributed by atoms with van der Waals surface area (Å²) in [5.41, 5.74) is -0.301. The van der Waals surface area contributed by atoms with Crippen molar-refractivity contribution in [3.63, 3.8) is 0 Å². The summed E-state index contributed by atoms with van der Waals surface area (Å²) in [5.74, 6) is -2.74. The van der Waals surface area contributed by atoms with Crippen LogP contribution in [0.5, 0.6) is 0 Å². The number of nitrogens with one attached hydrogen (secondary N) is 1. The number of anilines is 1. The summed E-state index contributed by atoms with van der Waals surface area (Å²) in [5, 5.41) is 11.0. The SMILES string of the molecule is O=C(Nc1ccc(C(=O)O)c(F)c1)c1ccco1. The molecule has 5 nitrogen and oxygen atoms in total. The van der Waals surface area contributed by atoms with Crippen LogP contribution in [-0.4, -0.2) is 17.0 Å². The summed E-state index contributed by atoms with van der Waals surface area (Å²) in [6.45, 7) is 0. The Kier molecular flexibility index (Phi) is 3.09. The van der Waals surface area contributed by atoms with Gasteiger partial charge >= 0.3 is 5.97 Å². The lowest BCUT2D eigenvalue weighted by molar-refractivity contribution is 0.0692. The van der Waals surface area contributed by atoms with E-state index in [-0.39, 0.29) is 11.4 Å². The van der Waals surface area contributed by atoms with Crippen LogP contribution in [0.1, 0.15) is 20.9 Å². The lowest BCUT2D eigenvalue weighted by atomic mass is 10.2. The molecule has 1 amide bonds. The average Bonchev–Trinajstić information content (AvgIpc) is 2.81. The Labute approximate surface area is 101 Å². The molecule has 0 aliphatic heterocycles. The minimum Gasteiger partial charge on any atom is -0.478 e. The predicted octanol–water partition coefficient (Wildman–Crippen LogP) is 2.37. The molecule has 2 N–H and O–H groups in total. The number of aromatic carboxylic acids is 1. The molecule has 92 valence electrons. The van der Waals surface area contributed by atoms with Crippen molar-refractivity contribution in [3.05, 3.63) is 53.7 Å². The summed E-state index contributed by atoms with van der Waals surface area (Å²) < 4.78 is 18.2. The van der Waals surface area contributed by atoms with Crippen molar-refractivity contribution in [2.75, 3.05) is 5.32 Å². The van der Waals surface area contributed by atoms with Gasteiger partial charge in [0.1, 0.15) is 5.82 Å². The second-order valence-corrected chi connectivity index (χ2v) is 3.43. The third-order valence-electron chi connectivity index (χ3n) is 2.20. The fourth-order valence-electron chi connectivity index (χ4n) is 1.37. The predicted molar refractivity (Wildman–Crippen MR) is 60.0 cm³/mol. The van der Waals surface area contributed by atoms with Gasteiger partial charge in [0, 0.05) is 5.69 Å². The van der Waals surface area contributed by atoms with Gasteiger partial charge in [-0.25, -0.2) is 9.18 Å². The zero-order valence-electron chi connectivity index (χ0n) is 9.01. The maximum Gasteiger partial charge on any atom is 0.338 e. The highest BCUT2D eigenvalue weighted by Crippen LogP contribution is 2.15. The first-order valence-electron chi connectivity index (χ1n) is 4.95. The molecule has 0 bridgehead atoms. The third kappa shape index (κ3) is 2.37. The van der Waals surface area contributed by atoms with Crippen LogP contribution < -0.4 is 5.32 Å². The van der Waals surface area contributed by atoms with Crippen LogP contribution in [-0.2, 0) is 0 Å². The van der Waals surface area contributed by atoms with Crippen LogP contribution >= 0.6 is 0 Å². The standard InChI is InChI=1S/C12H8FNO4/c13-9-6-7(3-4-8(9)12(16)17)14-11(15)10-2-1-5-18-10/h1-6H,(H,14,15)(H,16,17). The summed E-state index contributed by atoms with van der Waals surface area (Å²) in [7, 11) is 0. The van der Waals surface area contributed by atoms with Crippen molar-refractivity contribution in [2.45, 2.75) is 0 Å². The first kappa shape index (κ1) is 11.8. The van der Waals surface area contributed by atoms with Crippen molar-refractivity contribution in [2.24, 2.45) is 0 Å². The van der Waals surface area contributed by atoms with E-state index in [0.29, 0.717) is 0 Å². The Balaban J connectivity index is 2.18. The van der Waals surface area contributed by atoms with Gasteiger partial charge in [-0.3, -0.25) is 4.79 Å². The number of rotatable bonds is 3. The highest BCUT2D eigenvalue weighted by atomic mass is 19.1. The molecule has 0 saturated carbocycles. The molecule has 2 rings (SSSR count). The van der Waals surface area contributed by atoms with Crippen LogP contribution in [0.3, 0.4) is 0 Å². The van der Waals surface area contributed by atoms with Gasteiger partial charge in [-0.05, 0) is 30.3 Å². The molecule has 6 heteroatoms.